The summed E-state index contributed by atoms with van der Waals surface area (Å²) in [5.41, 5.74) is 3.05. The highest BCUT2D eigenvalue weighted by Gasteiger charge is 2.33. The Morgan fingerprint density at radius 2 is 2.03 bits per heavy atom. The number of rotatable bonds is 4. The molecule has 0 bridgehead atoms. The molecule has 0 spiro atoms. The van der Waals surface area contributed by atoms with Crippen LogP contribution in [0.2, 0.25) is 0 Å². The number of fused-ring (bicyclic) bond motifs is 2. The first kappa shape index (κ1) is 18.1. The number of hydrogen-bond acceptors (Lipinski definition) is 5. The van der Waals surface area contributed by atoms with Crippen molar-refractivity contribution in [3.05, 3.63) is 59.9 Å². The van der Waals surface area contributed by atoms with Gasteiger partial charge in [-0.05, 0) is 42.4 Å². The van der Waals surface area contributed by atoms with Gasteiger partial charge in [-0.15, -0.1) is 5.10 Å². The van der Waals surface area contributed by atoms with Crippen LogP contribution in [-0.2, 0) is 16.0 Å². The first-order valence-corrected chi connectivity index (χ1v) is 10.2. The third-order valence-electron chi connectivity index (χ3n) is 5.84. The molecule has 2 aromatic heterocycles. The lowest BCUT2D eigenvalue weighted by molar-refractivity contribution is -0.146. The SMILES string of the molecule is O=C(C1OCCc2ccccc21)N1CCC(COc2ccc3nccn3n2)CC1. The molecule has 150 valence electrons. The molecule has 2 aliphatic heterocycles. The summed E-state index contributed by atoms with van der Waals surface area (Å²) in [6.07, 6.45) is 5.78. The van der Waals surface area contributed by atoms with E-state index in [0.29, 0.717) is 25.0 Å². The van der Waals surface area contributed by atoms with E-state index < -0.39 is 6.10 Å². The molecule has 0 saturated carbocycles. The van der Waals surface area contributed by atoms with Gasteiger partial charge in [0.25, 0.3) is 5.91 Å². The topological polar surface area (TPSA) is 69.0 Å². The highest BCUT2D eigenvalue weighted by Crippen LogP contribution is 2.30. The van der Waals surface area contributed by atoms with Crippen LogP contribution >= 0.6 is 0 Å². The van der Waals surface area contributed by atoms with Crippen molar-refractivity contribution in [2.75, 3.05) is 26.3 Å². The third-order valence-corrected chi connectivity index (χ3v) is 5.84. The number of hydrogen-bond donors (Lipinski definition) is 0. The summed E-state index contributed by atoms with van der Waals surface area (Å²) >= 11 is 0. The van der Waals surface area contributed by atoms with Crippen LogP contribution in [0, 0.1) is 5.92 Å². The van der Waals surface area contributed by atoms with Gasteiger partial charge in [0, 0.05) is 31.5 Å². The first-order valence-electron chi connectivity index (χ1n) is 10.2. The monoisotopic (exact) mass is 392 g/mol. The standard InChI is InChI=1S/C22H24N4O3/c27-22(21-18-4-2-1-3-17(18)9-14-28-21)25-11-7-16(8-12-25)15-29-20-6-5-19-23-10-13-26(19)24-20/h1-6,10,13,16,21H,7-9,11-12,14-15H2. The number of piperidine rings is 1. The maximum Gasteiger partial charge on any atom is 0.256 e. The second-order valence-corrected chi connectivity index (χ2v) is 7.68. The molecule has 1 saturated heterocycles. The second-order valence-electron chi connectivity index (χ2n) is 7.68. The molecular formula is C22H24N4O3. The Labute approximate surface area is 169 Å². The number of benzene rings is 1. The predicted octanol–water partition coefficient (Wildman–Crippen LogP) is 2.66. The lowest BCUT2D eigenvalue weighted by Gasteiger charge is -2.35. The second kappa shape index (κ2) is 7.83. The molecule has 7 nitrogen and oxygen atoms in total. The van der Waals surface area contributed by atoms with Crippen LogP contribution in [0.15, 0.2) is 48.8 Å². The fourth-order valence-corrected chi connectivity index (χ4v) is 4.16. The van der Waals surface area contributed by atoms with Gasteiger partial charge in [-0.3, -0.25) is 4.79 Å². The van der Waals surface area contributed by atoms with Crippen molar-refractivity contribution >= 4 is 11.6 Å². The number of ether oxygens (including phenoxy) is 2. The van der Waals surface area contributed by atoms with E-state index in [1.54, 1.807) is 16.9 Å². The van der Waals surface area contributed by atoms with Crippen LogP contribution in [0.3, 0.4) is 0 Å². The normalized spacial score (nSPS) is 19.9. The van der Waals surface area contributed by atoms with Crippen LogP contribution in [0.1, 0.15) is 30.1 Å². The zero-order chi connectivity index (χ0) is 19.6. The van der Waals surface area contributed by atoms with E-state index in [0.717, 1.165) is 43.6 Å². The van der Waals surface area contributed by atoms with Gasteiger partial charge in [-0.1, -0.05) is 24.3 Å². The first-order chi connectivity index (χ1) is 14.3. The highest BCUT2D eigenvalue weighted by molar-refractivity contribution is 5.83. The molecule has 0 radical (unpaired) electrons. The molecule has 1 aromatic carbocycles. The number of likely N-dealkylation sites (tertiary alicyclic amines) is 1. The minimum Gasteiger partial charge on any atom is -0.476 e. The van der Waals surface area contributed by atoms with Gasteiger partial charge < -0.3 is 14.4 Å². The minimum atomic E-state index is -0.459. The number of carbonyl (C=O) groups excluding carboxylic acids is 1. The van der Waals surface area contributed by atoms with E-state index in [1.807, 2.05) is 35.2 Å². The molecule has 0 aliphatic carbocycles. The summed E-state index contributed by atoms with van der Waals surface area (Å²) in [5, 5.41) is 4.40. The lowest BCUT2D eigenvalue weighted by atomic mass is 9.94. The van der Waals surface area contributed by atoms with Gasteiger partial charge in [-0.2, -0.15) is 0 Å². The lowest BCUT2D eigenvalue weighted by Crippen LogP contribution is -2.43. The molecule has 3 aromatic rings. The number of aromatic nitrogens is 3. The van der Waals surface area contributed by atoms with Crippen LogP contribution in [0.25, 0.3) is 5.65 Å². The Kier molecular flexibility index (Phi) is 4.89. The smallest absolute Gasteiger partial charge is 0.256 e. The van der Waals surface area contributed by atoms with Crippen molar-refractivity contribution in [1.29, 1.82) is 0 Å². The minimum absolute atomic E-state index is 0.0868. The van der Waals surface area contributed by atoms with Crippen LogP contribution in [-0.4, -0.2) is 51.7 Å². The van der Waals surface area contributed by atoms with Gasteiger partial charge in [-0.25, -0.2) is 9.50 Å². The van der Waals surface area contributed by atoms with E-state index in [4.69, 9.17) is 9.47 Å². The average Bonchev–Trinajstić information content (AvgIpc) is 3.25. The largest absolute Gasteiger partial charge is 0.476 e. The fourth-order valence-electron chi connectivity index (χ4n) is 4.16. The fraction of sp³-hybridized carbons (Fsp3) is 0.409. The van der Waals surface area contributed by atoms with Crippen molar-refractivity contribution < 1.29 is 14.3 Å². The molecule has 4 heterocycles. The molecule has 1 unspecified atom stereocenters. The average molecular weight is 392 g/mol. The van der Waals surface area contributed by atoms with Crippen LogP contribution in [0.5, 0.6) is 5.88 Å². The summed E-state index contributed by atoms with van der Waals surface area (Å²) in [7, 11) is 0. The van der Waals surface area contributed by atoms with E-state index in [9.17, 15) is 4.79 Å². The molecule has 5 rings (SSSR count). The Bertz CT molecular complexity index is 1010. The Balaban J connectivity index is 1.16. The van der Waals surface area contributed by atoms with Gasteiger partial charge >= 0.3 is 0 Å². The zero-order valence-corrected chi connectivity index (χ0v) is 16.2. The van der Waals surface area contributed by atoms with Gasteiger partial charge in [0.2, 0.25) is 5.88 Å². The van der Waals surface area contributed by atoms with Crippen molar-refractivity contribution in [3.8, 4) is 5.88 Å². The molecular weight excluding hydrogens is 368 g/mol. The Morgan fingerprint density at radius 3 is 2.93 bits per heavy atom. The molecule has 1 atom stereocenters. The zero-order valence-electron chi connectivity index (χ0n) is 16.2. The molecule has 1 amide bonds. The third kappa shape index (κ3) is 3.70. The van der Waals surface area contributed by atoms with E-state index in [1.165, 1.54) is 5.56 Å². The molecule has 29 heavy (non-hydrogen) atoms. The Hall–Kier alpha value is -2.93. The maximum absolute atomic E-state index is 13.1. The maximum atomic E-state index is 13.1. The van der Waals surface area contributed by atoms with Crippen molar-refractivity contribution in [1.82, 2.24) is 19.5 Å². The molecule has 0 N–H and O–H groups in total. The number of carbonyl (C=O) groups is 1. The summed E-state index contributed by atoms with van der Waals surface area (Å²) in [5.74, 6) is 1.10. The van der Waals surface area contributed by atoms with Gasteiger partial charge in [0.15, 0.2) is 11.8 Å². The summed E-state index contributed by atoms with van der Waals surface area (Å²) in [4.78, 5) is 19.2. The van der Waals surface area contributed by atoms with E-state index >= 15 is 0 Å². The molecule has 2 aliphatic rings. The summed E-state index contributed by atoms with van der Waals surface area (Å²) < 4.78 is 13.4. The van der Waals surface area contributed by atoms with Crippen molar-refractivity contribution in [2.24, 2.45) is 5.92 Å². The van der Waals surface area contributed by atoms with Crippen LogP contribution < -0.4 is 4.74 Å². The van der Waals surface area contributed by atoms with E-state index in [-0.39, 0.29) is 5.91 Å². The van der Waals surface area contributed by atoms with Crippen molar-refractivity contribution in [2.45, 2.75) is 25.4 Å². The summed E-state index contributed by atoms with van der Waals surface area (Å²) in [6, 6.07) is 11.9. The number of nitrogens with zero attached hydrogens (tertiary/aromatic N) is 4. The highest BCUT2D eigenvalue weighted by atomic mass is 16.5. The summed E-state index contributed by atoms with van der Waals surface area (Å²) in [6.45, 7) is 2.69. The molecule has 1 fully saturated rings. The Morgan fingerprint density at radius 1 is 1.17 bits per heavy atom. The van der Waals surface area contributed by atoms with Gasteiger partial charge in [0.05, 0.1) is 13.2 Å². The van der Waals surface area contributed by atoms with Gasteiger partial charge in [0.1, 0.15) is 0 Å². The van der Waals surface area contributed by atoms with E-state index in [2.05, 4.69) is 16.1 Å². The number of amides is 1. The molecule has 7 heteroatoms. The van der Waals surface area contributed by atoms with Crippen LogP contribution in [0.4, 0.5) is 0 Å². The quantitative estimate of drug-likeness (QED) is 0.683. The predicted molar refractivity (Wildman–Crippen MR) is 107 cm³/mol. The van der Waals surface area contributed by atoms with Crippen molar-refractivity contribution in [3.63, 3.8) is 0 Å². The number of imidazole rings is 1.